The van der Waals surface area contributed by atoms with E-state index in [4.69, 9.17) is 21.1 Å². The van der Waals surface area contributed by atoms with Crippen LogP contribution < -0.4 is 14.8 Å². The molecule has 0 unspecified atom stereocenters. The second-order valence-electron chi connectivity index (χ2n) is 7.57. The molecule has 0 aromatic heterocycles. The van der Waals surface area contributed by atoms with Gasteiger partial charge in [0.05, 0.1) is 17.7 Å². The second-order valence-corrected chi connectivity index (χ2v) is 9.71. The van der Waals surface area contributed by atoms with Crippen LogP contribution in [0.4, 0.5) is 0 Å². The quantitative estimate of drug-likeness (QED) is 0.398. The number of nitrogens with one attached hydrogen (secondary N) is 2. The number of carbonyl (C=O) groups excluding carboxylic acids is 2. The summed E-state index contributed by atoms with van der Waals surface area (Å²) in [6, 6.07) is 19.9. The largest absolute Gasteiger partial charge is 0.497 e. The van der Waals surface area contributed by atoms with Gasteiger partial charge in [-0.25, -0.2) is 17.9 Å². The van der Waals surface area contributed by atoms with Crippen molar-refractivity contribution in [3.05, 3.63) is 94.5 Å². The maximum Gasteiger partial charge on any atom is 0.338 e. The number of ether oxygens (including phenoxy) is 2. The Labute approximate surface area is 209 Å². The number of sulfonamides is 1. The molecule has 3 rings (SSSR count). The number of halogens is 1. The number of amides is 1. The Morgan fingerprint density at radius 3 is 2.26 bits per heavy atom. The van der Waals surface area contributed by atoms with Crippen LogP contribution in [-0.2, 0) is 32.6 Å². The highest BCUT2D eigenvalue weighted by molar-refractivity contribution is 7.89. The molecule has 10 heteroatoms. The molecule has 0 aliphatic rings. The van der Waals surface area contributed by atoms with Gasteiger partial charge in [-0.05, 0) is 48.4 Å². The van der Waals surface area contributed by atoms with Crippen molar-refractivity contribution in [2.24, 2.45) is 0 Å². The first-order valence-corrected chi connectivity index (χ1v) is 12.5. The van der Waals surface area contributed by atoms with Gasteiger partial charge in [-0.2, -0.15) is 0 Å². The predicted molar refractivity (Wildman–Crippen MR) is 132 cm³/mol. The summed E-state index contributed by atoms with van der Waals surface area (Å²) in [4.78, 5) is 24.7. The first-order valence-electron chi connectivity index (χ1n) is 10.6. The van der Waals surface area contributed by atoms with E-state index in [0.29, 0.717) is 5.75 Å². The van der Waals surface area contributed by atoms with Gasteiger partial charge >= 0.3 is 5.97 Å². The third kappa shape index (κ3) is 7.29. The number of hydrogen-bond acceptors (Lipinski definition) is 6. The molecule has 1 atom stereocenters. The van der Waals surface area contributed by atoms with Crippen molar-refractivity contribution in [3.63, 3.8) is 0 Å². The van der Waals surface area contributed by atoms with Crippen LogP contribution in [0.5, 0.6) is 5.75 Å². The summed E-state index contributed by atoms with van der Waals surface area (Å²) in [5.41, 5.74) is 1.55. The van der Waals surface area contributed by atoms with Crippen LogP contribution in [-0.4, -0.2) is 33.5 Å². The molecule has 0 fully saturated rings. The fourth-order valence-corrected chi connectivity index (χ4v) is 4.59. The maximum absolute atomic E-state index is 12.8. The molecule has 0 aliphatic carbocycles. The van der Waals surface area contributed by atoms with E-state index in [2.05, 4.69) is 10.0 Å². The van der Waals surface area contributed by atoms with Crippen LogP contribution in [0, 0.1) is 0 Å². The van der Waals surface area contributed by atoms with Crippen molar-refractivity contribution in [2.75, 3.05) is 7.11 Å². The zero-order valence-electron chi connectivity index (χ0n) is 19.2. The summed E-state index contributed by atoms with van der Waals surface area (Å²) < 4.78 is 38.3. The lowest BCUT2D eigenvalue weighted by Crippen LogP contribution is -2.35. The molecule has 0 bridgehead atoms. The van der Waals surface area contributed by atoms with E-state index in [1.165, 1.54) is 19.1 Å². The summed E-state index contributed by atoms with van der Waals surface area (Å²) in [6.45, 7) is 1.72. The average Bonchev–Trinajstić information content (AvgIpc) is 2.87. The summed E-state index contributed by atoms with van der Waals surface area (Å²) in [6.07, 6.45) is -1.10. The van der Waals surface area contributed by atoms with Gasteiger partial charge in [0, 0.05) is 13.1 Å². The molecular weight excluding hydrogens is 492 g/mol. The van der Waals surface area contributed by atoms with Crippen LogP contribution >= 0.6 is 11.6 Å². The molecule has 0 saturated heterocycles. The molecule has 8 nitrogen and oxygen atoms in total. The van der Waals surface area contributed by atoms with Crippen molar-refractivity contribution >= 4 is 33.5 Å². The Balaban J connectivity index is 1.62. The molecular formula is C25H25ClN2O6S. The summed E-state index contributed by atoms with van der Waals surface area (Å²) >= 11 is 6.10. The van der Waals surface area contributed by atoms with E-state index in [1.807, 2.05) is 6.07 Å². The zero-order valence-corrected chi connectivity index (χ0v) is 20.7. The fourth-order valence-electron chi connectivity index (χ4n) is 3.05. The van der Waals surface area contributed by atoms with Crippen molar-refractivity contribution in [2.45, 2.75) is 31.0 Å². The van der Waals surface area contributed by atoms with E-state index < -0.39 is 28.0 Å². The molecule has 0 radical (unpaired) electrons. The fraction of sp³-hybridized carbons (Fsp3) is 0.200. The van der Waals surface area contributed by atoms with Crippen molar-refractivity contribution in [1.29, 1.82) is 0 Å². The van der Waals surface area contributed by atoms with Crippen LogP contribution in [0.2, 0.25) is 5.02 Å². The minimum Gasteiger partial charge on any atom is -0.497 e. The minimum atomic E-state index is -4.01. The standard InChI is InChI=1S/C25H25ClN2O6S/c1-17(24(29)27-15-19-8-11-21(33-2)12-9-19)34-25(30)20-10-13-22(26)23(14-20)35(31,32)28-16-18-6-4-3-5-7-18/h3-14,17,28H,15-16H2,1-2H3,(H,27,29)/t17-/m0/s1. The number of hydrogen-bond donors (Lipinski definition) is 2. The van der Waals surface area contributed by atoms with Crippen LogP contribution in [0.25, 0.3) is 0 Å². The van der Waals surface area contributed by atoms with Gasteiger partial charge in [0.1, 0.15) is 10.6 Å². The maximum atomic E-state index is 12.8. The van der Waals surface area contributed by atoms with E-state index in [1.54, 1.807) is 55.6 Å². The summed E-state index contributed by atoms with van der Waals surface area (Å²) in [5.74, 6) is -0.657. The summed E-state index contributed by atoms with van der Waals surface area (Å²) in [5, 5.41) is 2.64. The molecule has 3 aromatic carbocycles. The summed E-state index contributed by atoms with van der Waals surface area (Å²) in [7, 11) is -2.45. The number of esters is 1. The van der Waals surface area contributed by atoms with E-state index in [9.17, 15) is 18.0 Å². The van der Waals surface area contributed by atoms with E-state index in [0.717, 1.165) is 17.2 Å². The lowest BCUT2D eigenvalue weighted by atomic mass is 10.2. The molecule has 35 heavy (non-hydrogen) atoms. The third-order valence-corrected chi connectivity index (χ3v) is 6.93. The highest BCUT2D eigenvalue weighted by atomic mass is 35.5. The normalized spacial score (nSPS) is 12.0. The van der Waals surface area contributed by atoms with Gasteiger partial charge in [-0.1, -0.05) is 54.1 Å². The van der Waals surface area contributed by atoms with Gasteiger partial charge in [0.15, 0.2) is 6.10 Å². The van der Waals surface area contributed by atoms with Crippen LogP contribution in [0.15, 0.2) is 77.7 Å². The number of methoxy groups -OCH3 is 1. The number of carbonyl (C=O) groups is 2. The van der Waals surface area contributed by atoms with Gasteiger partial charge in [-0.15, -0.1) is 0 Å². The third-order valence-electron chi connectivity index (χ3n) is 5.04. The predicted octanol–water partition coefficient (Wildman–Crippen LogP) is 3.69. The Bertz CT molecular complexity index is 1280. The van der Waals surface area contributed by atoms with E-state index >= 15 is 0 Å². The molecule has 0 spiro atoms. The van der Waals surface area contributed by atoms with Crippen LogP contribution in [0.1, 0.15) is 28.4 Å². The second kappa shape index (κ2) is 11.8. The lowest BCUT2D eigenvalue weighted by molar-refractivity contribution is -0.129. The van der Waals surface area contributed by atoms with Crippen molar-refractivity contribution < 1.29 is 27.5 Å². The highest BCUT2D eigenvalue weighted by Crippen LogP contribution is 2.23. The monoisotopic (exact) mass is 516 g/mol. The topological polar surface area (TPSA) is 111 Å². The molecule has 184 valence electrons. The molecule has 0 heterocycles. The molecule has 1 amide bonds. The Morgan fingerprint density at radius 1 is 0.943 bits per heavy atom. The van der Waals surface area contributed by atoms with Gasteiger partial charge < -0.3 is 14.8 Å². The minimum absolute atomic E-state index is 0.0487. The van der Waals surface area contributed by atoms with Crippen molar-refractivity contribution in [3.8, 4) is 5.75 Å². The smallest absolute Gasteiger partial charge is 0.338 e. The number of benzene rings is 3. The lowest BCUT2D eigenvalue weighted by Gasteiger charge is -2.15. The first kappa shape index (κ1) is 26.2. The van der Waals surface area contributed by atoms with Gasteiger partial charge in [-0.3, -0.25) is 4.79 Å². The molecule has 0 aliphatic heterocycles. The molecule has 0 saturated carbocycles. The highest BCUT2D eigenvalue weighted by Gasteiger charge is 2.23. The molecule has 2 N–H and O–H groups in total. The van der Waals surface area contributed by atoms with Crippen LogP contribution in [0.3, 0.4) is 0 Å². The van der Waals surface area contributed by atoms with Gasteiger partial charge in [0.2, 0.25) is 10.0 Å². The zero-order chi connectivity index (χ0) is 25.4. The first-order chi connectivity index (χ1) is 16.7. The van der Waals surface area contributed by atoms with Crippen molar-refractivity contribution in [1.82, 2.24) is 10.0 Å². The average molecular weight is 517 g/mol. The number of rotatable bonds is 10. The Morgan fingerprint density at radius 2 is 1.60 bits per heavy atom. The molecule has 3 aromatic rings. The Hall–Kier alpha value is -3.40. The SMILES string of the molecule is COc1ccc(CNC(=O)[C@H](C)OC(=O)c2ccc(Cl)c(S(=O)(=O)NCc3ccccc3)c2)cc1. The Kier molecular flexibility index (Phi) is 8.86. The van der Waals surface area contributed by atoms with E-state index in [-0.39, 0.29) is 28.6 Å². The van der Waals surface area contributed by atoms with Gasteiger partial charge in [0.25, 0.3) is 5.91 Å².